The Balaban J connectivity index is 0.00000112. The van der Waals surface area contributed by atoms with Crippen molar-refractivity contribution in [2.75, 3.05) is 6.54 Å². The van der Waals surface area contributed by atoms with Crippen LogP contribution in [0.3, 0.4) is 0 Å². The zero-order valence-corrected chi connectivity index (χ0v) is 9.50. The van der Waals surface area contributed by atoms with Crippen LogP contribution in [-0.2, 0) is 6.54 Å². The van der Waals surface area contributed by atoms with Crippen molar-refractivity contribution in [2.45, 2.75) is 13.0 Å². The molecule has 0 bridgehead atoms. The second-order valence-corrected chi connectivity index (χ2v) is 3.27. The maximum Gasteiger partial charge on any atom is 0.164 e. The van der Waals surface area contributed by atoms with Gasteiger partial charge in [-0.25, -0.2) is 15.0 Å². The zero-order chi connectivity index (χ0) is 9.97. The lowest BCUT2D eigenvalue weighted by molar-refractivity contribution is 0.661. The Labute approximate surface area is 98.1 Å². The van der Waals surface area contributed by atoms with Gasteiger partial charge in [-0.05, 0) is 13.0 Å². The van der Waals surface area contributed by atoms with Crippen molar-refractivity contribution in [1.29, 1.82) is 0 Å². The third kappa shape index (κ3) is 2.37. The molecule has 5 nitrogen and oxygen atoms in total. The molecule has 7 heteroatoms. The van der Waals surface area contributed by atoms with Gasteiger partial charge < -0.3 is 10.3 Å². The van der Waals surface area contributed by atoms with Crippen LogP contribution in [0.1, 0.15) is 6.42 Å². The molecule has 0 fully saturated rings. The number of aryl methyl sites for hydroxylation is 1. The molecule has 2 aromatic rings. The fourth-order valence-electron chi connectivity index (χ4n) is 1.28. The number of imidazole rings is 1. The van der Waals surface area contributed by atoms with E-state index in [2.05, 4.69) is 15.0 Å². The summed E-state index contributed by atoms with van der Waals surface area (Å²) >= 11 is 5.85. The van der Waals surface area contributed by atoms with Gasteiger partial charge in [0.1, 0.15) is 11.8 Å². The molecule has 0 radical (unpaired) electrons. The fourth-order valence-corrected chi connectivity index (χ4v) is 1.45. The van der Waals surface area contributed by atoms with E-state index in [1.165, 1.54) is 6.33 Å². The molecule has 2 aromatic heterocycles. The lowest BCUT2D eigenvalue weighted by Gasteiger charge is -2.00. The highest BCUT2D eigenvalue weighted by Crippen LogP contribution is 2.16. The van der Waals surface area contributed by atoms with Gasteiger partial charge in [-0.3, -0.25) is 0 Å². The number of aromatic nitrogens is 4. The lowest BCUT2D eigenvalue weighted by atomic mass is 10.4. The first kappa shape index (κ1) is 12.2. The fraction of sp³-hybridized carbons (Fsp3) is 0.375. The Kier molecular flexibility index (Phi) is 4.26. The maximum absolute atomic E-state index is 5.85. The molecular formula is C8H11Cl2N5. The highest BCUT2D eigenvalue weighted by Gasteiger charge is 2.06. The first-order valence-corrected chi connectivity index (χ1v) is 4.72. The van der Waals surface area contributed by atoms with Crippen LogP contribution in [0.15, 0.2) is 12.7 Å². The number of rotatable bonds is 3. The second-order valence-electron chi connectivity index (χ2n) is 2.92. The minimum Gasteiger partial charge on any atom is -0.330 e. The van der Waals surface area contributed by atoms with Crippen LogP contribution in [0.25, 0.3) is 11.2 Å². The highest BCUT2D eigenvalue weighted by molar-refractivity contribution is 6.33. The molecule has 2 heterocycles. The second kappa shape index (κ2) is 5.25. The van der Waals surface area contributed by atoms with Crippen molar-refractivity contribution in [2.24, 2.45) is 5.73 Å². The van der Waals surface area contributed by atoms with Crippen molar-refractivity contribution in [3.8, 4) is 0 Å². The van der Waals surface area contributed by atoms with E-state index in [0.29, 0.717) is 17.2 Å². The van der Waals surface area contributed by atoms with Crippen LogP contribution < -0.4 is 5.73 Å². The highest BCUT2D eigenvalue weighted by atomic mass is 35.5. The lowest BCUT2D eigenvalue weighted by Crippen LogP contribution is -2.05. The molecule has 0 saturated heterocycles. The van der Waals surface area contributed by atoms with Crippen molar-refractivity contribution in [1.82, 2.24) is 19.5 Å². The Bertz CT molecular complexity index is 442. The summed E-state index contributed by atoms with van der Waals surface area (Å²) in [5.74, 6) is 0. The monoisotopic (exact) mass is 247 g/mol. The Morgan fingerprint density at radius 2 is 2.13 bits per heavy atom. The predicted octanol–water partition coefficient (Wildman–Crippen LogP) is 1.25. The van der Waals surface area contributed by atoms with Crippen LogP contribution in [0, 0.1) is 0 Å². The van der Waals surface area contributed by atoms with Gasteiger partial charge in [0.05, 0.1) is 6.33 Å². The molecule has 0 saturated carbocycles. The van der Waals surface area contributed by atoms with E-state index in [1.807, 2.05) is 4.57 Å². The SMILES string of the molecule is Cl.NCCCn1cnc2c(Cl)ncnc21. The average Bonchev–Trinajstić information content (AvgIpc) is 2.60. The minimum absolute atomic E-state index is 0. The summed E-state index contributed by atoms with van der Waals surface area (Å²) in [6.07, 6.45) is 4.04. The summed E-state index contributed by atoms with van der Waals surface area (Å²) in [6, 6.07) is 0. The van der Waals surface area contributed by atoms with Crippen LogP contribution in [0.4, 0.5) is 0 Å². The number of halogens is 2. The summed E-state index contributed by atoms with van der Waals surface area (Å²) in [5.41, 5.74) is 6.83. The third-order valence-electron chi connectivity index (χ3n) is 1.96. The van der Waals surface area contributed by atoms with Gasteiger partial charge in [-0.2, -0.15) is 0 Å². The Morgan fingerprint density at radius 3 is 2.87 bits per heavy atom. The molecule has 15 heavy (non-hydrogen) atoms. The van der Waals surface area contributed by atoms with Crippen LogP contribution in [-0.4, -0.2) is 26.1 Å². The standard InChI is InChI=1S/C8H10ClN5.ClH/c9-7-6-8(12-4-11-7)14(5-13-6)3-1-2-10;/h4-5H,1-3,10H2;1H. The summed E-state index contributed by atoms with van der Waals surface area (Å²) in [6.45, 7) is 1.46. The molecule has 0 aliphatic heterocycles. The minimum atomic E-state index is 0. The average molecular weight is 248 g/mol. The maximum atomic E-state index is 5.85. The first-order chi connectivity index (χ1) is 6.83. The Hall–Kier alpha value is -0.910. The molecular weight excluding hydrogens is 237 g/mol. The van der Waals surface area contributed by atoms with E-state index in [0.717, 1.165) is 18.6 Å². The van der Waals surface area contributed by atoms with E-state index in [9.17, 15) is 0 Å². The number of hydrogen-bond donors (Lipinski definition) is 1. The Morgan fingerprint density at radius 1 is 1.33 bits per heavy atom. The van der Waals surface area contributed by atoms with Crippen LogP contribution >= 0.6 is 24.0 Å². The van der Waals surface area contributed by atoms with Crippen molar-refractivity contribution < 1.29 is 0 Å². The molecule has 0 atom stereocenters. The number of nitrogens with two attached hydrogens (primary N) is 1. The largest absolute Gasteiger partial charge is 0.330 e. The first-order valence-electron chi connectivity index (χ1n) is 4.34. The summed E-state index contributed by atoms with van der Waals surface area (Å²) in [4.78, 5) is 12.1. The van der Waals surface area contributed by atoms with Crippen molar-refractivity contribution in [3.63, 3.8) is 0 Å². The van der Waals surface area contributed by atoms with E-state index in [-0.39, 0.29) is 12.4 Å². The predicted molar refractivity (Wildman–Crippen MR) is 61.3 cm³/mol. The molecule has 2 rings (SSSR count). The van der Waals surface area contributed by atoms with Gasteiger partial charge in [0.15, 0.2) is 10.8 Å². The molecule has 82 valence electrons. The van der Waals surface area contributed by atoms with E-state index >= 15 is 0 Å². The molecule has 0 aliphatic rings. The zero-order valence-electron chi connectivity index (χ0n) is 7.93. The molecule has 2 N–H and O–H groups in total. The molecule has 0 spiro atoms. The van der Waals surface area contributed by atoms with Gasteiger partial charge in [0.25, 0.3) is 0 Å². The number of nitrogens with zero attached hydrogens (tertiary/aromatic N) is 4. The van der Waals surface area contributed by atoms with Gasteiger partial charge in [0.2, 0.25) is 0 Å². The van der Waals surface area contributed by atoms with Gasteiger partial charge in [0, 0.05) is 6.54 Å². The summed E-state index contributed by atoms with van der Waals surface area (Å²) < 4.78 is 1.93. The quantitative estimate of drug-likeness (QED) is 0.830. The van der Waals surface area contributed by atoms with E-state index in [4.69, 9.17) is 17.3 Å². The van der Waals surface area contributed by atoms with Crippen LogP contribution in [0.2, 0.25) is 5.15 Å². The van der Waals surface area contributed by atoms with Crippen LogP contribution in [0.5, 0.6) is 0 Å². The normalized spacial score (nSPS) is 10.3. The van der Waals surface area contributed by atoms with Crippen molar-refractivity contribution in [3.05, 3.63) is 17.8 Å². The molecule has 0 amide bonds. The van der Waals surface area contributed by atoms with Gasteiger partial charge in [-0.15, -0.1) is 12.4 Å². The third-order valence-corrected chi connectivity index (χ3v) is 2.24. The molecule has 0 unspecified atom stereocenters. The summed E-state index contributed by atoms with van der Waals surface area (Å²) in [5, 5.41) is 0.390. The summed E-state index contributed by atoms with van der Waals surface area (Å²) in [7, 11) is 0. The molecule has 0 aliphatic carbocycles. The van der Waals surface area contributed by atoms with Gasteiger partial charge in [-0.1, -0.05) is 11.6 Å². The smallest absolute Gasteiger partial charge is 0.164 e. The number of hydrogen-bond acceptors (Lipinski definition) is 4. The van der Waals surface area contributed by atoms with Crippen molar-refractivity contribution >= 4 is 35.2 Å². The topological polar surface area (TPSA) is 69.6 Å². The number of fused-ring (bicyclic) bond motifs is 1. The van der Waals surface area contributed by atoms with Gasteiger partial charge >= 0.3 is 0 Å². The van der Waals surface area contributed by atoms with E-state index in [1.54, 1.807) is 6.33 Å². The molecule has 0 aromatic carbocycles. The van der Waals surface area contributed by atoms with E-state index < -0.39 is 0 Å².